The van der Waals surface area contributed by atoms with Crippen LogP contribution >= 0.6 is 0 Å². The number of aromatic nitrogens is 2. The van der Waals surface area contributed by atoms with E-state index in [1.807, 2.05) is 0 Å². The number of rotatable bonds is 4. The highest BCUT2D eigenvalue weighted by atomic mass is 16.5. The van der Waals surface area contributed by atoms with Crippen molar-refractivity contribution in [3.8, 4) is 0 Å². The van der Waals surface area contributed by atoms with Gasteiger partial charge in [0.05, 0.1) is 0 Å². The lowest BCUT2D eigenvalue weighted by Gasteiger charge is -2.51. The Bertz CT molecular complexity index is 530. The molecule has 1 heterocycles. The molecule has 98 valence electrons. The summed E-state index contributed by atoms with van der Waals surface area (Å²) in [6.45, 7) is 2.84. The molecule has 1 aromatic heterocycles. The first-order valence-electron chi connectivity index (χ1n) is 6.61. The number of allylic oxidation sites excluding steroid dienone is 2. The van der Waals surface area contributed by atoms with Crippen LogP contribution in [-0.2, 0) is 6.42 Å². The Morgan fingerprint density at radius 3 is 3.11 bits per heavy atom. The Morgan fingerprint density at radius 2 is 2.50 bits per heavy atom. The molecule has 1 fully saturated rings. The second kappa shape index (κ2) is 4.09. The molecule has 0 radical (unpaired) electrons. The van der Waals surface area contributed by atoms with E-state index in [0.29, 0.717) is 24.7 Å². The fraction of sp³-hybridized carbons (Fsp3) is 0.692. The summed E-state index contributed by atoms with van der Waals surface area (Å²) in [5.74, 6) is 1.45. The van der Waals surface area contributed by atoms with Gasteiger partial charge in [0.25, 0.3) is 0 Å². The SMILES string of the molecule is CCC1=CC2C(C1)CC2(CN)Cc1noc(=O)[nH]1. The highest BCUT2D eigenvalue weighted by Gasteiger charge is 2.54. The van der Waals surface area contributed by atoms with Crippen molar-refractivity contribution in [2.45, 2.75) is 32.6 Å². The van der Waals surface area contributed by atoms with Crippen LogP contribution in [0.3, 0.4) is 0 Å². The van der Waals surface area contributed by atoms with Gasteiger partial charge in [0, 0.05) is 6.42 Å². The van der Waals surface area contributed by atoms with Crippen molar-refractivity contribution in [3.63, 3.8) is 0 Å². The highest BCUT2D eigenvalue weighted by molar-refractivity contribution is 5.24. The van der Waals surface area contributed by atoms with Crippen molar-refractivity contribution >= 4 is 0 Å². The lowest BCUT2D eigenvalue weighted by Crippen LogP contribution is -2.51. The number of fused-ring (bicyclic) bond motifs is 1. The third kappa shape index (κ3) is 1.65. The molecule has 0 bridgehead atoms. The van der Waals surface area contributed by atoms with Gasteiger partial charge in [-0.3, -0.25) is 9.51 Å². The maximum Gasteiger partial charge on any atom is 0.438 e. The molecule has 3 atom stereocenters. The molecule has 1 saturated carbocycles. The molecule has 5 heteroatoms. The minimum atomic E-state index is -0.482. The minimum absolute atomic E-state index is 0.0708. The monoisotopic (exact) mass is 249 g/mol. The van der Waals surface area contributed by atoms with E-state index in [0.717, 1.165) is 18.8 Å². The van der Waals surface area contributed by atoms with Crippen molar-refractivity contribution in [2.24, 2.45) is 23.0 Å². The molecule has 0 amide bonds. The first-order valence-corrected chi connectivity index (χ1v) is 6.61. The van der Waals surface area contributed by atoms with Crippen LogP contribution in [0.1, 0.15) is 32.0 Å². The van der Waals surface area contributed by atoms with Gasteiger partial charge < -0.3 is 5.73 Å². The van der Waals surface area contributed by atoms with Crippen molar-refractivity contribution in [1.29, 1.82) is 0 Å². The molecule has 0 saturated heterocycles. The number of nitrogens with two attached hydrogens (primary N) is 1. The van der Waals surface area contributed by atoms with E-state index in [-0.39, 0.29) is 5.41 Å². The molecule has 0 aromatic carbocycles. The zero-order valence-corrected chi connectivity index (χ0v) is 10.6. The van der Waals surface area contributed by atoms with Gasteiger partial charge in [0.1, 0.15) is 0 Å². The largest absolute Gasteiger partial charge is 0.438 e. The molecule has 18 heavy (non-hydrogen) atoms. The van der Waals surface area contributed by atoms with Crippen LogP contribution in [0.25, 0.3) is 0 Å². The lowest BCUT2D eigenvalue weighted by atomic mass is 9.53. The van der Waals surface area contributed by atoms with Crippen molar-refractivity contribution in [1.82, 2.24) is 10.1 Å². The minimum Gasteiger partial charge on any atom is -0.330 e. The summed E-state index contributed by atoms with van der Waals surface area (Å²) in [5.41, 5.74) is 7.61. The summed E-state index contributed by atoms with van der Waals surface area (Å²) >= 11 is 0. The van der Waals surface area contributed by atoms with Gasteiger partial charge in [-0.05, 0) is 43.1 Å². The van der Waals surface area contributed by atoms with Crippen LogP contribution in [0.4, 0.5) is 0 Å². The number of H-pyrrole nitrogens is 1. The van der Waals surface area contributed by atoms with E-state index in [1.165, 1.54) is 6.42 Å². The molecular weight excluding hydrogens is 230 g/mol. The predicted octanol–water partition coefficient (Wildman–Crippen LogP) is 1.23. The fourth-order valence-corrected chi connectivity index (χ4v) is 3.71. The molecule has 5 nitrogen and oxygen atoms in total. The quantitative estimate of drug-likeness (QED) is 0.786. The Kier molecular flexibility index (Phi) is 2.66. The van der Waals surface area contributed by atoms with E-state index in [4.69, 9.17) is 5.73 Å². The van der Waals surface area contributed by atoms with Gasteiger partial charge in [-0.2, -0.15) is 0 Å². The Labute approximate surface area is 105 Å². The van der Waals surface area contributed by atoms with Crippen LogP contribution in [0.2, 0.25) is 0 Å². The molecule has 3 rings (SSSR count). The van der Waals surface area contributed by atoms with Crippen LogP contribution in [0.5, 0.6) is 0 Å². The van der Waals surface area contributed by atoms with E-state index in [2.05, 4.69) is 27.7 Å². The third-order valence-corrected chi connectivity index (χ3v) is 4.69. The summed E-state index contributed by atoms with van der Waals surface area (Å²) in [5, 5.41) is 3.76. The van der Waals surface area contributed by atoms with Crippen LogP contribution in [0.15, 0.2) is 21.0 Å². The second-order valence-corrected chi connectivity index (χ2v) is 5.66. The number of nitrogens with zero attached hydrogens (tertiary/aromatic N) is 1. The Morgan fingerprint density at radius 1 is 1.67 bits per heavy atom. The molecule has 2 aliphatic carbocycles. The molecular formula is C13H19N3O2. The predicted molar refractivity (Wildman–Crippen MR) is 66.9 cm³/mol. The van der Waals surface area contributed by atoms with Gasteiger partial charge in [0.15, 0.2) is 5.82 Å². The number of aromatic amines is 1. The van der Waals surface area contributed by atoms with Crippen LogP contribution < -0.4 is 11.5 Å². The van der Waals surface area contributed by atoms with Crippen LogP contribution in [0, 0.1) is 17.3 Å². The Balaban J connectivity index is 1.80. The summed E-state index contributed by atoms with van der Waals surface area (Å²) in [7, 11) is 0. The summed E-state index contributed by atoms with van der Waals surface area (Å²) in [6.07, 6.45) is 6.60. The maximum atomic E-state index is 11.0. The van der Waals surface area contributed by atoms with Crippen molar-refractivity contribution < 1.29 is 4.52 Å². The average molecular weight is 249 g/mol. The van der Waals surface area contributed by atoms with Gasteiger partial charge in [-0.15, -0.1) is 0 Å². The molecule has 0 spiro atoms. The van der Waals surface area contributed by atoms with Crippen LogP contribution in [-0.4, -0.2) is 16.7 Å². The first-order chi connectivity index (χ1) is 8.66. The van der Waals surface area contributed by atoms with Gasteiger partial charge in [-0.1, -0.05) is 23.7 Å². The fourth-order valence-electron chi connectivity index (χ4n) is 3.71. The standard InChI is InChI=1S/C13H19N3O2/c1-2-8-3-9-5-13(7-14,10(9)4-8)6-11-15-12(17)18-16-11/h4,9-10H,2-3,5-7,14H2,1H3,(H,15,16,17). The van der Waals surface area contributed by atoms with E-state index in [9.17, 15) is 4.79 Å². The summed E-state index contributed by atoms with van der Waals surface area (Å²) in [6, 6.07) is 0. The molecule has 3 N–H and O–H groups in total. The van der Waals surface area contributed by atoms with Gasteiger partial charge in [-0.25, -0.2) is 4.79 Å². The van der Waals surface area contributed by atoms with Crippen molar-refractivity contribution in [2.75, 3.05) is 6.54 Å². The highest BCUT2D eigenvalue weighted by Crippen LogP contribution is 2.58. The number of hydrogen-bond acceptors (Lipinski definition) is 4. The summed E-state index contributed by atoms with van der Waals surface area (Å²) in [4.78, 5) is 13.6. The van der Waals surface area contributed by atoms with E-state index < -0.39 is 5.76 Å². The van der Waals surface area contributed by atoms with E-state index in [1.54, 1.807) is 5.57 Å². The zero-order valence-electron chi connectivity index (χ0n) is 10.6. The zero-order chi connectivity index (χ0) is 12.8. The average Bonchev–Trinajstić information content (AvgIpc) is 2.91. The molecule has 2 aliphatic rings. The second-order valence-electron chi connectivity index (χ2n) is 5.66. The maximum absolute atomic E-state index is 11.0. The topological polar surface area (TPSA) is 84.9 Å². The van der Waals surface area contributed by atoms with Crippen molar-refractivity contribution in [3.05, 3.63) is 28.0 Å². The lowest BCUT2D eigenvalue weighted by molar-refractivity contribution is 0.00683. The number of hydrogen-bond donors (Lipinski definition) is 2. The first kappa shape index (κ1) is 11.7. The van der Waals surface area contributed by atoms with Gasteiger partial charge in [0.2, 0.25) is 0 Å². The molecule has 0 aliphatic heterocycles. The summed E-state index contributed by atoms with van der Waals surface area (Å²) < 4.78 is 4.56. The Hall–Kier alpha value is -1.36. The molecule has 3 unspecified atom stereocenters. The van der Waals surface area contributed by atoms with E-state index >= 15 is 0 Å². The van der Waals surface area contributed by atoms with Gasteiger partial charge >= 0.3 is 5.76 Å². The molecule has 1 aromatic rings. The third-order valence-electron chi connectivity index (χ3n) is 4.69. The number of nitrogens with one attached hydrogen (secondary N) is 1. The smallest absolute Gasteiger partial charge is 0.330 e. The normalized spacial score (nSPS) is 34.0.